The first-order valence-corrected chi connectivity index (χ1v) is 3.17. The van der Waals surface area contributed by atoms with E-state index in [1.807, 2.05) is 0 Å². The Morgan fingerprint density at radius 1 is 1.73 bits per heavy atom. The average Bonchev–Trinajstić information content (AvgIpc) is 2.52. The van der Waals surface area contributed by atoms with E-state index in [1.165, 1.54) is 11.8 Å². The molecule has 0 amide bonds. The van der Waals surface area contributed by atoms with E-state index in [0.717, 1.165) is 0 Å². The Morgan fingerprint density at radius 3 is 3.09 bits per heavy atom. The summed E-state index contributed by atoms with van der Waals surface area (Å²) in [7, 11) is 1.44. The predicted molar refractivity (Wildman–Crippen MR) is 34.3 cm³/mol. The van der Waals surface area contributed by atoms with Crippen LogP contribution in [-0.2, 0) is 11.3 Å². The van der Waals surface area contributed by atoms with Crippen molar-refractivity contribution >= 4 is 0 Å². The van der Waals surface area contributed by atoms with Gasteiger partial charge >= 0.3 is 0 Å². The van der Waals surface area contributed by atoms with Crippen LogP contribution in [0.2, 0.25) is 0 Å². The number of rotatable bonds is 4. The Morgan fingerprint density at radius 2 is 2.55 bits per heavy atom. The Balaban J connectivity index is 2.23. The van der Waals surface area contributed by atoms with E-state index in [9.17, 15) is 0 Å². The quantitative estimate of drug-likeness (QED) is 0.557. The maximum Gasteiger partial charge on any atom is 0.221 e. The fourth-order valence-corrected chi connectivity index (χ4v) is 0.605. The second kappa shape index (κ2) is 3.99. The molecule has 61 valence electrons. The summed E-state index contributed by atoms with van der Waals surface area (Å²) in [5.41, 5.74) is 0. The third-order valence-electron chi connectivity index (χ3n) is 1.21. The van der Waals surface area contributed by atoms with Crippen molar-refractivity contribution in [2.24, 2.45) is 0 Å². The molecule has 1 N–H and O–H groups in total. The molecule has 1 aromatic heterocycles. The van der Waals surface area contributed by atoms with Gasteiger partial charge in [0.25, 0.3) is 0 Å². The Hall–Kier alpha value is -1.01. The number of ether oxygens (including phenoxy) is 1. The van der Waals surface area contributed by atoms with Crippen LogP contribution >= 0.6 is 0 Å². The van der Waals surface area contributed by atoms with E-state index >= 15 is 0 Å². The number of aliphatic hydroxyl groups is 1. The third kappa shape index (κ3) is 2.60. The van der Waals surface area contributed by atoms with Crippen molar-refractivity contribution in [3.8, 4) is 0 Å². The zero-order valence-electron chi connectivity index (χ0n) is 6.14. The van der Waals surface area contributed by atoms with Crippen molar-refractivity contribution in [3.63, 3.8) is 0 Å². The van der Waals surface area contributed by atoms with Crippen LogP contribution < -0.4 is 0 Å². The van der Waals surface area contributed by atoms with Gasteiger partial charge in [-0.05, 0) is 10.4 Å². The van der Waals surface area contributed by atoms with Gasteiger partial charge in [-0.15, -0.1) is 5.10 Å². The molecule has 6 heteroatoms. The molecule has 0 aliphatic rings. The molecule has 1 rings (SSSR count). The van der Waals surface area contributed by atoms with Crippen molar-refractivity contribution < 1.29 is 9.84 Å². The van der Waals surface area contributed by atoms with Gasteiger partial charge in [-0.3, -0.25) is 0 Å². The molecule has 1 atom stereocenters. The number of nitrogens with zero attached hydrogens (tertiary/aromatic N) is 4. The molecule has 1 unspecified atom stereocenters. The summed E-state index contributed by atoms with van der Waals surface area (Å²) >= 11 is 0. The number of tetrazole rings is 1. The predicted octanol–water partition coefficient (Wildman–Crippen LogP) is -1.17. The molecule has 0 aliphatic carbocycles. The van der Waals surface area contributed by atoms with E-state index in [2.05, 4.69) is 26.6 Å². The molecule has 0 fully saturated rings. The Labute approximate surface area is 63.8 Å². The van der Waals surface area contributed by atoms with Crippen LogP contribution in [0.1, 0.15) is 6.42 Å². The minimum atomic E-state index is -0.757. The first-order chi connectivity index (χ1) is 5.33. The molecule has 11 heavy (non-hydrogen) atoms. The lowest BCUT2D eigenvalue weighted by atomic mass is 10.4. The van der Waals surface area contributed by atoms with E-state index in [4.69, 9.17) is 5.11 Å². The first kappa shape index (κ1) is 8.09. The molecule has 1 heterocycles. The van der Waals surface area contributed by atoms with Gasteiger partial charge in [-0.1, -0.05) is 0 Å². The standard InChI is InChI=1S/C5H9N4O2/c1-11-5(10)2-3-9-4-6-7-8-9/h5,10H,2-3H2,1H3. The zero-order chi connectivity index (χ0) is 8.10. The maximum atomic E-state index is 8.94. The highest BCUT2D eigenvalue weighted by Gasteiger charge is 2.01. The minimum absolute atomic E-state index is 0.456. The first-order valence-electron chi connectivity index (χ1n) is 3.17. The lowest BCUT2D eigenvalue weighted by molar-refractivity contribution is -0.0807. The zero-order valence-corrected chi connectivity index (χ0v) is 6.14. The number of aromatic nitrogens is 4. The molecule has 0 spiro atoms. The molecular weight excluding hydrogens is 148 g/mol. The summed E-state index contributed by atoms with van der Waals surface area (Å²) in [6, 6.07) is 0. The number of methoxy groups -OCH3 is 1. The molecule has 1 aromatic rings. The van der Waals surface area contributed by atoms with Gasteiger partial charge in [0.2, 0.25) is 6.33 Å². The fraction of sp³-hybridized carbons (Fsp3) is 0.800. The van der Waals surface area contributed by atoms with Crippen molar-refractivity contribution in [1.29, 1.82) is 0 Å². The molecule has 6 nitrogen and oxygen atoms in total. The van der Waals surface area contributed by atoms with Crippen LogP contribution in [0, 0.1) is 6.33 Å². The maximum absolute atomic E-state index is 8.94. The van der Waals surface area contributed by atoms with Gasteiger partial charge in [-0.2, -0.15) is 0 Å². The van der Waals surface area contributed by atoms with Crippen molar-refractivity contribution in [2.75, 3.05) is 7.11 Å². The summed E-state index contributed by atoms with van der Waals surface area (Å²) in [5, 5.41) is 19.2. The SMILES string of the molecule is COC(O)CCn1[c]nnn1. The summed E-state index contributed by atoms with van der Waals surface area (Å²) in [6.45, 7) is 0.502. The highest BCUT2D eigenvalue weighted by molar-refractivity contribution is 4.46. The van der Waals surface area contributed by atoms with Gasteiger partial charge in [-0.25, -0.2) is 4.68 Å². The van der Waals surface area contributed by atoms with Gasteiger partial charge in [0.15, 0.2) is 6.29 Å². The second-order valence-electron chi connectivity index (χ2n) is 1.98. The molecule has 0 saturated carbocycles. The van der Waals surface area contributed by atoms with Crippen molar-refractivity contribution in [2.45, 2.75) is 19.3 Å². The molecule has 0 saturated heterocycles. The topological polar surface area (TPSA) is 73.1 Å². The summed E-state index contributed by atoms with van der Waals surface area (Å²) in [5.74, 6) is 0. The van der Waals surface area contributed by atoms with Crippen LogP contribution in [0.3, 0.4) is 0 Å². The fourth-order valence-electron chi connectivity index (χ4n) is 0.605. The largest absolute Gasteiger partial charge is 0.368 e. The van der Waals surface area contributed by atoms with E-state index in [-0.39, 0.29) is 0 Å². The highest BCUT2D eigenvalue weighted by Crippen LogP contribution is 1.93. The van der Waals surface area contributed by atoms with E-state index in [1.54, 1.807) is 0 Å². The molecule has 0 bridgehead atoms. The molecular formula is C5H9N4O2. The van der Waals surface area contributed by atoms with Gasteiger partial charge < -0.3 is 9.84 Å². The summed E-state index contributed by atoms with van der Waals surface area (Å²) < 4.78 is 6.01. The van der Waals surface area contributed by atoms with Crippen LogP contribution in [0.15, 0.2) is 0 Å². The number of aliphatic hydroxyl groups excluding tert-OH is 1. The lowest BCUT2D eigenvalue weighted by Gasteiger charge is -2.05. The number of aryl methyl sites for hydroxylation is 1. The number of hydrogen-bond acceptors (Lipinski definition) is 5. The molecule has 1 radical (unpaired) electrons. The Kier molecular flexibility index (Phi) is 2.94. The van der Waals surface area contributed by atoms with Gasteiger partial charge in [0.05, 0.1) is 6.54 Å². The normalized spacial score (nSPS) is 13.3. The summed E-state index contributed by atoms with van der Waals surface area (Å²) in [4.78, 5) is 0. The molecule has 0 aromatic carbocycles. The average molecular weight is 157 g/mol. The van der Waals surface area contributed by atoms with Crippen LogP contribution in [0.25, 0.3) is 0 Å². The van der Waals surface area contributed by atoms with Crippen LogP contribution in [0.5, 0.6) is 0 Å². The van der Waals surface area contributed by atoms with Gasteiger partial charge in [0.1, 0.15) is 0 Å². The lowest BCUT2D eigenvalue weighted by Crippen LogP contribution is -2.13. The monoisotopic (exact) mass is 157 g/mol. The number of hydrogen-bond donors (Lipinski definition) is 1. The minimum Gasteiger partial charge on any atom is -0.368 e. The van der Waals surface area contributed by atoms with Crippen molar-refractivity contribution in [1.82, 2.24) is 20.2 Å². The van der Waals surface area contributed by atoms with E-state index in [0.29, 0.717) is 13.0 Å². The van der Waals surface area contributed by atoms with Crippen molar-refractivity contribution in [3.05, 3.63) is 6.33 Å². The smallest absolute Gasteiger partial charge is 0.221 e. The Bertz CT molecular complexity index is 188. The van der Waals surface area contributed by atoms with Crippen LogP contribution in [0.4, 0.5) is 0 Å². The van der Waals surface area contributed by atoms with Gasteiger partial charge in [0, 0.05) is 13.5 Å². The summed E-state index contributed by atoms with van der Waals surface area (Å²) in [6.07, 6.45) is 2.19. The van der Waals surface area contributed by atoms with E-state index < -0.39 is 6.29 Å². The third-order valence-corrected chi connectivity index (χ3v) is 1.21. The second-order valence-corrected chi connectivity index (χ2v) is 1.98. The molecule has 0 aliphatic heterocycles. The highest BCUT2D eigenvalue weighted by atomic mass is 16.6. The van der Waals surface area contributed by atoms with Crippen LogP contribution in [-0.4, -0.2) is 38.7 Å².